The number of carbonyl (C=O) groups excluding carboxylic acids is 1. The summed E-state index contributed by atoms with van der Waals surface area (Å²) in [7, 11) is 0. The van der Waals surface area contributed by atoms with Gasteiger partial charge in [-0.1, -0.05) is 122 Å². The Kier molecular flexibility index (Phi) is 15.4. The monoisotopic (exact) mass is 727 g/mol. The van der Waals surface area contributed by atoms with Crippen LogP contribution in [0.2, 0.25) is 10.0 Å². The highest BCUT2D eigenvalue weighted by atomic mass is 35.5. The molecule has 0 spiro atoms. The number of fused-ring (bicyclic) bond motifs is 1. The topological polar surface area (TPSA) is 138 Å². The lowest BCUT2D eigenvalue weighted by molar-refractivity contribution is -0.148. The zero-order valence-electron chi connectivity index (χ0n) is 29.7. The molecule has 0 atom stereocenters. The molecule has 0 aliphatic heterocycles. The van der Waals surface area contributed by atoms with Crippen LogP contribution in [-0.2, 0) is 19.7 Å². The smallest absolute Gasteiger partial charge is 0.332 e. The first-order valence-corrected chi connectivity index (χ1v) is 18.5. The van der Waals surface area contributed by atoms with Crippen LogP contribution in [0.15, 0.2) is 46.6 Å². The second-order valence-electron chi connectivity index (χ2n) is 13.6. The van der Waals surface area contributed by atoms with E-state index in [-0.39, 0.29) is 40.5 Å². The molecular formula is C37H51Cl2N7O4. The van der Waals surface area contributed by atoms with E-state index in [2.05, 4.69) is 32.7 Å². The number of ether oxygens (including phenoxy) is 2. The molecule has 0 bridgehead atoms. The number of phenols is 1. The molecule has 2 aromatic carbocycles. The van der Waals surface area contributed by atoms with Crippen molar-refractivity contribution in [2.75, 3.05) is 25.3 Å². The van der Waals surface area contributed by atoms with E-state index < -0.39 is 0 Å². The number of carbonyl (C=O) groups is 1. The van der Waals surface area contributed by atoms with Gasteiger partial charge in [-0.25, -0.2) is 9.78 Å². The average molecular weight is 729 g/mol. The van der Waals surface area contributed by atoms with Gasteiger partial charge in [0.05, 0.1) is 28.0 Å². The number of H-pyrrole nitrogens is 1. The summed E-state index contributed by atoms with van der Waals surface area (Å²) in [6, 6.07) is 10.5. The quantitative estimate of drug-likeness (QED) is 0.0336. The molecule has 4 aromatic rings. The summed E-state index contributed by atoms with van der Waals surface area (Å²) < 4.78 is 12.4. The van der Waals surface area contributed by atoms with Crippen molar-refractivity contribution < 1.29 is 19.4 Å². The van der Waals surface area contributed by atoms with Gasteiger partial charge < -0.3 is 19.9 Å². The number of nitrogens with zero attached hydrogens (tertiary/aromatic N) is 5. The summed E-state index contributed by atoms with van der Waals surface area (Å²) in [6.07, 6.45) is 15.2. The molecule has 0 radical (unpaired) electrons. The lowest BCUT2D eigenvalue weighted by atomic mass is 9.91. The molecule has 50 heavy (non-hydrogen) atoms. The van der Waals surface area contributed by atoms with Crippen LogP contribution in [0.3, 0.4) is 0 Å². The molecule has 0 unspecified atom stereocenters. The molecule has 0 aliphatic carbocycles. The SMILES string of the molecule is CCCCCCCCCCCCCCOC(=O)COCNc1ccc(-c2nc3c(N=Nc4cc(Cl)c(O)c(Cl)c4)c(C(C)(C)C)[nH]n3n2)cc1. The van der Waals surface area contributed by atoms with Gasteiger partial charge in [0.1, 0.15) is 13.3 Å². The first-order chi connectivity index (χ1) is 24.1. The van der Waals surface area contributed by atoms with E-state index in [0.717, 1.165) is 29.8 Å². The largest absolute Gasteiger partial charge is 0.505 e. The number of halogens is 2. The van der Waals surface area contributed by atoms with E-state index in [1.54, 1.807) is 4.63 Å². The van der Waals surface area contributed by atoms with Gasteiger partial charge in [-0.05, 0) is 42.8 Å². The van der Waals surface area contributed by atoms with Crippen molar-refractivity contribution in [1.82, 2.24) is 19.8 Å². The first-order valence-electron chi connectivity index (χ1n) is 17.7. The lowest BCUT2D eigenvalue weighted by Gasteiger charge is -2.16. The van der Waals surface area contributed by atoms with Crippen molar-refractivity contribution in [3.8, 4) is 17.1 Å². The number of aromatic hydroxyl groups is 1. The van der Waals surface area contributed by atoms with Gasteiger partial charge in [0.15, 0.2) is 17.3 Å². The number of unbranched alkanes of at least 4 members (excludes halogenated alkanes) is 11. The number of esters is 1. The molecule has 11 nitrogen and oxygen atoms in total. The Labute approximate surface area is 305 Å². The maximum Gasteiger partial charge on any atom is 0.332 e. The Hall–Kier alpha value is -3.67. The Bertz CT molecular complexity index is 1660. The molecule has 2 heterocycles. The maximum atomic E-state index is 12.0. The maximum absolute atomic E-state index is 12.0. The van der Waals surface area contributed by atoms with Crippen LogP contribution in [-0.4, -0.2) is 50.8 Å². The zero-order valence-corrected chi connectivity index (χ0v) is 31.2. The van der Waals surface area contributed by atoms with Gasteiger partial charge in [0.25, 0.3) is 0 Å². The van der Waals surface area contributed by atoms with E-state index >= 15 is 0 Å². The van der Waals surface area contributed by atoms with Crippen LogP contribution in [0, 0.1) is 0 Å². The molecule has 0 amide bonds. The van der Waals surface area contributed by atoms with Crippen LogP contribution >= 0.6 is 23.2 Å². The summed E-state index contributed by atoms with van der Waals surface area (Å²) in [4.78, 5) is 16.8. The Balaban J connectivity index is 1.19. The molecule has 13 heteroatoms. The van der Waals surface area contributed by atoms with Crippen LogP contribution < -0.4 is 5.32 Å². The molecule has 0 saturated carbocycles. The van der Waals surface area contributed by atoms with Crippen molar-refractivity contribution in [3.63, 3.8) is 0 Å². The molecule has 0 saturated heterocycles. The lowest BCUT2D eigenvalue weighted by Crippen LogP contribution is -2.16. The summed E-state index contributed by atoms with van der Waals surface area (Å²) in [5.74, 6) is -0.0544. The fourth-order valence-electron chi connectivity index (χ4n) is 5.45. The van der Waals surface area contributed by atoms with Crippen LogP contribution in [0.5, 0.6) is 5.75 Å². The zero-order chi connectivity index (χ0) is 35.9. The first kappa shape index (κ1) is 39.1. The number of hydrogen-bond acceptors (Lipinski definition) is 9. The van der Waals surface area contributed by atoms with E-state index in [0.29, 0.717) is 29.5 Å². The number of aromatic amines is 1. The van der Waals surface area contributed by atoms with E-state index in [1.165, 1.54) is 76.3 Å². The fourth-order valence-corrected chi connectivity index (χ4v) is 5.92. The number of nitrogens with one attached hydrogen (secondary N) is 2. The minimum Gasteiger partial charge on any atom is -0.505 e. The van der Waals surface area contributed by atoms with Crippen molar-refractivity contribution in [2.45, 2.75) is 110 Å². The minimum absolute atomic E-state index is 0.0821. The van der Waals surface area contributed by atoms with Gasteiger partial charge in [-0.15, -0.1) is 10.2 Å². The van der Waals surface area contributed by atoms with Crippen LogP contribution in [0.25, 0.3) is 17.0 Å². The number of benzene rings is 2. The fraction of sp³-hybridized carbons (Fsp3) is 0.541. The molecule has 2 aromatic heterocycles. The number of phenolic OH excluding ortho intramolecular Hbond substituents is 1. The van der Waals surface area contributed by atoms with Gasteiger partial charge in [0.2, 0.25) is 5.65 Å². The highest BCUT2D eigenvalue weighted by molar-refractivity contribution is 6.37. The third-order valence-corrected chi connectivity index (χ3v) is 8.87. The molecule has 0 aliphatic rings. The van der Waals surface area contributed by atoms with Crippen LogP contribution in [0.1, 0.15) is 110 Å². The Morgan fingerprint density at radius 3 is 2.12 bits per heavy atom. The summed E-state index contributed by atoms with van der Waals surface area (Å²) in [5, 5.41) is 29.9. The second kappa shape index (κ2) is 19.7. The van der Waals surface area contributed by atoms with Gasteiger partial charge in [-0.2, -0.15) is 9.74 Å². The highest BCUT2D eigenvalue weighted by Crippen LogP contribution is 2.38. The minimum atomic E-state index is -0.351. The Morgan fingerprint density at radius 1 is 0.920 bits per heavy atom. The van der Waals surface area contributed by atoms with Crippen molar-refractivity contribution in [3.05, 3.63) is 52.1 Å². The highest BCUT2D eigenvalue weighted by Gasteiger charge is 2.26. The van der Waals surface area contributed by atoms with Crippen molar-refractivity contribution in [1.29, 1.82) is 0 Å². The number of rotatable bonds is 21. The molecule has 272 valence electrons. The average Bonchev–Trinajstić information content (AvgIpc) is 3.66. The third kappa shape index (κ3) is 12.0. The van der Waals surface area contributed by atoms with Gasteiger partial charge in [0, 0.05) is 16.7 Å². The Morgan fingerprint density at radius 2 is 1.52 bits per heavy atom. The predicted octanol–water partition coefficient (Wildman–Crippen LogP) is 11.1. The standard InChI is InChI=1S/C37H51Cl2N7O4/c1-5-6-7-8-9-10-11-12-13-14-15-16-21-50-31(47)24-49-25-40-27-19-17-26(18-20-27)35-41-36-32(34(37(2,3)4)44-46(36)45-35)43-42-28-22-29(38)33(48)30(39)23-28/h17-20,22-23,40,44,48H,5-16,21,24-25H2,1-4H3. The second-order valence-corrected chi connectivity index (χ2v) is 14.4. The normalized spacial score (nSPS) is 12.0. The number of anilines is 1. The molecule has 4 rings (SSSR count). The molecule has 0 fully saturated rings. The molecule has 3 N–H and O–H groups in total. The summed E-state index contributed by atoms with van der Waals surface area (Å²) >= 11 is 12.1. The number of azo groups is 1. The van der Waals surface area contributed by atoms with Gasteiger partial charge >= 0.3 is 5.97 Å². The predicted molar refractivity (Wildman–Crippen MR) is 200 cm³/mol. The third-order valence-electron chi connectivity index (χ3n) is 8.29. The number of aromatic nitrogens is 4. The number of hydrogen-bond donors (Lipinski definition) is 3. The summed E-state index contributed by atoms with van der Waals surface area (Å²) in [6.45, 7) is 8.90. The molecular weight excluding hydrogens is 677 g/mol. The van der Waals surface area contributed by atoms with E-state index in [1.807, 2.05) is 45.0 Å². The van der Waals surface area contributed by atoms with Gasteiger partial charge in [-0.3, -0.25) is 5.10 Å². The van der Waals surface area contributed by atoms with Crippen molar-refractivity contribution in [2.24, 2.45) is 10.2 Å². The van der Waals surface area contributed by atoms with Crippen molar-refractivity contribution >= 4 is 51.9 Å². The summed E-state index contributed by atoms with van der Waals surface area (Å²) in [5.41, 5.74) is 3.53. The van der Waals surface area contributed by atoms with Crippen LogP contribution in [0.4, 0.5) is 17.1 Å². The van der Waals surface area contributed by atoms with E-state index in [9.17, 15) is 9.90 Å². The van der Waals surface area contributed by atoms with E-state index in [4.69, 9.17) is 37.7 Å².